The molecule has 0 atom stereocenters. The molecule has 2 aliphatic rings. The van der Waals surface area contributed by atoms with Gasteiger partial charge in [-0.05, 0) is 36.4 Å². The van der Waals surface area contributed by atoms with Gasteiger partial charge >= 0.3 is 6.36 Å². The van der Waals surface area contributed by atoms with Gasteiger partial charge in [-0.2, -0.15) is 4.31 Å². The van der Waals surface area contributed by atoms with Crippen LogP contribution in [0.15, 0.2) is 47.4 Å². The first-order chi connectivity index (χ1) is 14.1. The van der Waals surface area contributed by atoms with Crippen molar-refractivity contribution in [1.82, 2.24) is 9.21 Å². The summed E-state index contributed by atoms with van der Waals surface area (Å²) in [6, 6.07) is 10.3. The molecule has 0 amide bonds. The number of nitrogens with zero attached hydrogens (tertiary/aromatic N) is 3. The third-order valence-electron chi connectivity index (χ3n) is 5.45. The van der Waals surface area contributed by atoms with Gasteiger partial charge in [-0.1, -0.05) is 18.2 Å². The number of hydrogen-bond acceptors (Lipinski definition) is 5. The zero-order chi connectivity index (χ0) is 21.5. The third-order valence-corrected chi connectivity index (χ3v) is 7.24. The lowest BCUT2D eigenvalue weighted by Crippen LogP contribution is -2.44. The maximum atomic E-state index is 13.1. The van der Waals surface area contributed by atoms with Gasteiger partial charge in [-0.3, -0.25) is 0 Å². The standard InChI is InChI=1S/C20H22F3N3O3S.ClH/c1-24-8-10-25(11-9-24)19-7-2-4-15-13-26(14-18(15)19)30(27,28)17-6-3-5-16(12-17)29-20(21,22)23;/h2-7,12H,8-11,13-14H2,1H3;1H. The number of ether oxygens (including phenoxy) is 1. The SMILES string of the molecule is CN1CCN(c2cccc3c2CN(S(=O)(=O)c2cccc(OC(F)(F)F)c2)C3)CC1.Cl. The number of hydrogen-bond donors (Lipinski definition) is 0. The van der Waals surface area contributed by atoms with Crippen molar-refractivity contribution in [1.29, 1.82) is 0 Å². The van der Waals surface area contributed by atoms with Gasteiger partial charge in [0.1, 0.15) is 5.75 Å². The highest BCUT2D eigenvalue weighted by Crippen LogP contribution is 2.36. The first-order valence-corrected chi connectivity index (χ1v) is 11.0. The van der Waals surface area contributed by atoms with E-state index >= 15 is 0 Å². The van der Waals surface area contributed by atoms with E-state index in [1.807, 2.05) is 18.2 Å². The van der Waals surface area contributed by atoms with Crippen LogP contribution in [0, 0.1) is 0 Å². The van der Waals surface area contributed by atoms with Gasteiger partial charge in [-0.25, -0.2) is 8.42 Å². The van der Waals surface area contributed by atoms with E-state index in [1.165, 1.54) is 16.4 Å². The van der Waals surface area contributed by atoms with Gasteiger partial charge in [0.05, 0.1) is 4.90 Å². The zero-order valence-corrected chi connectivity index (χ0v) is 18.4. The molecule has 4 rings (SSSR count). The number of alkyl halides is 3. The van der Waals surface area contributed by atoms with Crippen molar-refractivity contribution in [3.8, 4) is 5.75 Å². The van der Waals surface area contributed by atoms with Crippen molar-refractivity contribution in [3.05, 3.63) is 53.6 Å². The summed E-state index contributed by atoms with van der Waals surface area (Å²) in [7, 11) is -1.91. The van der Waals surface area contributed by atoms with E-state index in [2.05, 4.69) is 21.6 Å². The lowest BCUT2D eigenvalue weighted by atomic mass is 10.1. The smallest absolute Gasteiger partial charge is 0.406 e. The Labute approximate surface area is 185 Å². The predicted molar refractivity (Wildman–Crippen MR) is 113 cm³/mol. The predicted octanol–water partition coefficient (Wildman–Crippen LogP) is 3.46. The first-order valence-electron chi connectivity index (χ1n) is 9.54. The molecule has 0 aliphatic carbocycles. The summed E-state index contributed by atoms with van der Waals surface area (Å²) in [5.74, 6) is -0.557. The highest BCUT2D eigenvalue weighted by atomic mass is 35.5. The molecule has 2 heterocycles. The van der Waals surface area contributed by atoms with Crippen LogP contribution in [0.3, 0.4) is 0 Å². The molecule has 0 unspecified atom stereocenters. The summed E-state index contributed by atoms with van der Waals surface area (Å²) in [4.78, 5) is 4.28. The fraction of sp³-hybridized carbons (Fsp3) is 0.400. The van der Waals surface area contributed by atoms with Crippen molar-refractivity contribution in [2.24, 2.45) is 0 Å². The lowest BCUT2D eigenvalue weighted by Gasteiger charge is -2.35. The van der Waals surface area contributed by atoms with Gasteiger partial charge in [0, 0.05) is 51.0 Å². The molecule has 6 nitrogen and oxygen atoms in total. The quantitative estimate of drug-likeness (QED) is 0.675. The van der Waals surface area contributed by atoms with E-state index in [0.717, 1.165) is 55.1 Å². The van der Waals surface area contributed by atoms with E-state index in [-0.39, 0.29) is 30.4 Å². The number of halogens is 4. The topological polar surface area (TPSA) is 53.1 Å². The molecule has 11 heteroatoms. The molecular formula is C20H23ClF3N3O3S. The molecule has 0 aromatic heterocycles. The fourth-order valence-corrected chi connectivity index (χ4v) is 5.29. The number of sulfonamides is 1. The second kappa shape index (κ2) is 8.85. The van der Waals surface area contributed by atoms with Crippen LogP contribution >= 0.6 is 12.4 Å². The Hall–Kier alpha value is -2.01. The minimum absolute atomic E-state index is 0. The van der Waals surface area contributed by atoms with Crippen molar-refractivity contribution in [2.45, 2.75) is 24.3 Å². The minimum atomic E-state index is -4.89. The number of anilines is 1. The molecule has 0 radical (unpaired) electrons. The number of fused-ring (bicyclic) bond motifs is 1. The largest absolute Gasteiger partial charge is 0.573 e. The van der Waals surface area contributed by atoms with Crippen molar-refractivity contribution in [3.63, 3.8) is 0 Å². The average Bonchev–Trinajstić information content (AvgIpc) is 3.13. The maximum absolute atomic E-state index is 13.1. The minimum Gasteiger partial charge on any atom is -0.406 e. The number of rotatable bonds is 4. The van der Waals surface area contributed by atoms with Gasteiger partial charge < -0.3 is 14.5 Å². The molecule has 2 aliphatic heterocycles. The summed E-state index contributed by atoms with van der Waals surface area (Å²) in [5, 5.41) is 0. The van der Waals surface area contributed by atoms with Crippen LogP contribution in [0.4, 0.5) is 18.9 Å². The second-order valence-corrected chi connectivity index (χ2v) is 9.44. The Morgan fingerprint density at radius 3 is 2.32 bits per heavy atom. The summed E-state index contributed by atoms with van der Waals surface area (Å²) >= 11 is 0. The van der Waals surface area contributed by atoms with Gasteiger partial charge in [0.25, 0.3) is 0 Å². The highest BCUT2D eigenvalue weighted by molar-refractivity contribution is 7.89. The van der Waals surface area contributed by atoms with E-state index in [9.17, 15) is 21.6 Å². The molecule has 2 aromatic rings. The highest BCUT2D eigenvalue weighted by Gasteiger charge is 2.35. The van der Waals surface area contributed by atoms with Crippen LogP contribution in [0.1, 0.15) is 11.1 Å². The maximum Gasteiger partial charge on any atom is 0.573 e. The van der Waals surface area contributed by atoms with Gasteiger partial charge in [0.2, 0.25) is 10.0 Å². The average molecular weight is 478 g/mol. The van der Waals surface area contributed by atoms with Crippen molar-refractivity contribution < 1.29 is 26.3 Å². The van der Waals surface area contributed by atoms with Gasteiger partial charge in [-0.15, -0.1) is 25.6 Å². The van der Waals surface area contributed by atoms with Crippen LogP contribution in [0.25, 0.3) is 0 Å². The Bertz CT molecular complexity index is 1040. The lowest BCUT2D eigenvalue weighted by molar-refractivity contribution is -0.274. The molecule has 2 aromatic carbocycles. The summed E-state index contributed by atoms with van der Waals surface area (Å²) in [6.45, 7) is 3.94. The van der Waals surface area contributed by atoms with Crippen LogP contribution in [0.2, 0.25) is 0 Å². The first kappa shape index (κ1) is 23.6. The van der Waals surface area contributed by atoms with Crippen molar-refractivity contribution in [2.75, 3.05) is 38.1 Å². The van der Waals surface area contributed by atoms with Crippen molar-refractivity contribution >= 4 is 28.1 Å². The van der Waals surface area contributed by atoms with Crippen LogP contribution in [-0.4, -0.2) is 57.2 Å². The number of likely N-dealkylation sites (N-methyl/N-ethyl adjacent to an activating group) is 1. The summed E-state index contributed by atoms with van der Waals surface area (Å²) in [6.07, 6.45) is -4.89. The summed E-state index contributed by atoms with van der Waals surface area (Å²) < 4.78 is 68.9. The molecule has 0 saturated carbocycles. The van der Waals surface area contributed by atoms with E-state index in [4.69, 9.17) is 0 Å². The monoisotopic (exact) mass is 477 g/mol. The van der Waals surface area contributed by atoms with E-state index in [0.29, 0.717) is 0 Å². The number of piperazine rings is 1. The van der Waals surface area contributed by atoms with E-state index in [1.54, 1.807) is 0 Å². The molecule has 1 saturated heterocycles. The Kier molecular flexibility index (Phi) is 6.75. The summed E-state index contributed by atoms with van der Waals surface area (Å²) in [5.41, 5.74) is 2.89. The zero-order valence-electron chi connectivity index (χ0n) is 16.8. The Balaban J connectivity index is 0.00000272. The van der Waals surface area contributed by atoms with E-state index < -0.39 is 22.1 Å². The molecule has 0 spiro atoms. The van der Waals surface area contributed by atoms with Gasteiger partial charge in [0.15, 0.2) is 0 Å². The van der Waals surface area contributed by atoms with Crippen LogP contribution < -0.4 is 9.64 Å². The molecule has 0 bridgehead atoms. The van der Waals surface area contributed by atoms with Crippen LogP contribution in [-0.2, 0) is 23.1 Å². The Morgan fingerprint density at radius 2 is 1.65 bits per heavy atom. The second-order valence-electron chi connectivity index (χ2n) is 7.50. The molecule has 0 N–H and O–H groups in total. The Morgan fingerprint density at radius 1 is 0.968 bits per heavy atom. The van der Waals surface area contributed by atoms with Crippen LogP contribution in [0.5, 0.6) is 5.75 Å². The third kappa shape index (κ3) is 5.08. The molecular weight excluding hydrogens is 455 g/mol. The molecule has 31 heavy (non-hydrogen) atoms. The number of benzene rings is 2. The molecule has 170 valence electrons. The normalized spacial score (nSPS) is 17.9. The fourth-order valence-electron chi connectivity index (χ4n) is 3.87. The molecule has 1 fully saturated rings.